The first-order chi connectivity index (χ1) is 13.9. The predicted molar refractivity (Wildman–Crippen MR) is 117 cm³/mol. The van der Waals surface area contributed by atoms with Crippen molar-refractivity contribution in [2.75, 3.05) is 18.4 Å². The maximum Gasteiger partial charge on any atom is 0.407 e. The number of nitrogens with zero attached hydrogens (tertiary/aromatic N) is 2. The number of carbonyl (C=O) groups is 2. The van der Waals surface area contributed by atoms with Gasteiger partial charge in [0.1, 0.15) is 15.6 Å². The Kier molecular flexibility index (Phi) is 5.54. The lowest BCUT2D eigenvalue weighted by atomic mass is 10.1. The third kappa shape index (κ3) is 4.13. The van der Waals surface area contributed by atoms with Gasteiger partial charge in [-0.15, -0.1) is 0 Å². The molecule has 0 saturated carbocycles. The lowest BCUT2D eigenvalue weighted by Gasteiger charge is -2.15. The van der Waals surface area contributed by atoms with Crippen molar-refractivity contribution < 1.29 is 19.1 Å². The molecule has 3 N–H and O–H groups in total. The Bertz CT molecular complexity index is 1110. The van der Waals surface area contributed by atoms with Crippen LogP contribution >= 0.6 is 33.9 Å². The zero-order chi connectivity index (χ0) is 20.5. The quantitative estimate of drug-likeness (QED) is 0.442. The Labute approximate surface area is 183 Å². The summed E-state index contributed by atoms with van der Waals surface area (Å²) in [6.45, 7) is 0.626. The van der Waals surface area contributed by atoms with Crippen molar-refractivity contribution in [3.8, 4) is 0 Å². The number of carboxylic acid groups (broad SMARTS) is 1. The van der Waals surface area contributed by atoms with Gasteiger partial charge in [0.25, 0.3) is 5.91 Å². The normalized spacial score (nSPS) is 16.2. The lowest BCUT2D eigenvalue weighted by Crippen LogP contribution is -2.38. The molecule has 1 atom stereocenters. The molecule has 0 radical (unpaired) electrons. The van der Waals surface area contributed by atoms with E-state index in [-0.39, 0.29) is 24.2 Å². The van der Waals surface area contributed by atoms with Crippen molar-refractivity contribution >= 4 is 66.8 Å². The summed E-state index contributed by atoms with van der Waals surface area (Å²) in [7, 11) is 0. The fraction of sp³-hybridized carbons (Fsp3) is 0.211. The van der Waals surface area contributed by atoms with Gasteiger partial charge < -0.3 is 20.6 Å². The van der Waals surface area contributed by atoms with Crippen LogP contribution in [0.4, 0.5) is 19.9 Å². The summed E-state index contributed by atoms with van der Waals surface area (Å²) in [6.07, 6.45) is 1.19. The van der Waals surface area contributed by atoms with Crippen LogP contribution in [-0.4, -0.2) is 46.1 Å². The number of anilines is 2. The van der Waals surface area contributed by atoms with Gasteiger partial charge in [-0.25, -0.2) is 14.2 Å². The van der Waals surface area contributed by atoms with E-state index in [1.54, 1.807) is 30.5 Å². The minimum atomic E-state index is -0.997. The number of hydrogen-bond acceptors (Lipinski definition) is 5. The molecule has 1 fully saturated rings. The number of thiophene rings is 1. The molecular formula is C19H16FIN4O3S. The smallest absolute Gasteiger partial charge is 0.407 e. The minimum absolute atomic E-state index is 0.246. The van der Waals surface area contributed by atoms with Crippen molar-refractivity contribution in [1.29, 1.82) is 0 Å². The minimum Gasteiger partial charge on any atom is -0.465 e. The highest BCUT2D eigenvalue weighted by Gasteiger charge is 2.29. The summed E-state index contributed by atoms with van der Waals surface area (Å²) in [6, 6.07) is 8.07. The number of pyridine rings is 1. The average Bonchev–Trinajstić information content (AvgIpc) is 3.28. The zero-order valence-corrected chi connectivity index (χ0v) is 18.0. The number of hydrogen-bond donors (Lipinski definition) is 3. The first kappa shape index (κ1) is 19.8. The molecule has 10 heteroatoms. The molecule has 0 spiro atoms. The number of carbonyl (C=O) groups excluding carboxylic acids is 1. The number of benzene rings is 1. The molecule has 150 valence electrons. The maximum absolute atomic E-state index is 14.3. The van der Waals surface area contributed by atoms with Gasteiger partial charge in [0.05, 0.1) is 11.3 Å². The number of likely N-dealkylation sites (tertiary alicyclic amines) is 1. The van der Waals surface area contributed by atoms with Crippen LogP contribution in [0, 0.1) is 9.39 Å². The van der Waals surface area contributed by atoms with Gasteiger partial charge >= 0.3 is 6.09 Å². The molecule has 29 heavy (non-hydrogen) atoms. The van der Waals surface area contributed by atoms with E-state index in [4.69, 9.17) is 5.11 Å². The van der Waals surface area contributed by atoms with Crippen LogP contribution in [-0.2, 0) is 0 Å². The van der Waals surface area contributed by atoms with E-state index in [9.17, 15) is 14.0 Å². The Hall–Kier alpha value is -2.47. The number of fused-ring (bicyclic) bond motifs is 1. The van der Waals surface area contributed by atoms with E-state index < -0.39 is 11.9 Å². The average molecular weight is 526 g/mol. The lowest BCUT2D eigenvalue weighted by molar-refractivity contribution is 0.0938. The molecule has 0 unspecified atom stereocenters. The molecular weight excluding hydrogens is 510 g/mol. The third-order valence-electron chi connectivity index (χ3n) is 4.67. The fourth-order valence-electron chi connectivity index (χ4n) is 3.27. The highest BCUT2D eigenvalue weighted by atomic mass is 127. The molecule has 1 saturated heterocycles. The van der Waals surface area contributed by atoms with Crippen molar-refractivity contribution in [3.05, 3.63) is 51.5 Å². The van der Waals surface area contributed by atoms with Gasteiger partial charge in [0, 0.05) is 34.3 Å². The van der Waals surface area contributed by atoms with Gasteiger partial charge in [0.2, 0.25) is 0 Å². The summed E-state index contributed by atoms with van der Waals surface area (Å²) < 4.78 is 15.1. The first-order valence-electron chi connectivity index (χ1n) is 8.80. The Balaban J connectivity index is 1.64. The zero-order valence-electron chi connectivity index (χ0n) is 15.0. The summed E-state index contributed by atoms with van der Waals surface area (Å²) in [4.78, 5) is 30.4. The van der Waals surface area contributed by atoms with Crippen LogP contribution in [0.15, 0.2) is 36.5 Å². The van der Waals surface area contributed by atoms with E-state index in [0.29, 0.717) is 33.7 Å². The molecule has 1 aliphatic heterocycles. The fourth-order valence-corrected chi connectivity index (χ4v) is 4.77. The second-order valence-electron chi connectivity index (χ2n) is 6.60. The second-order valence-corrected chi connectivity index (χ2v) is 8.84. The number of nitrogens with one attached hydrogen (secondary N) is 2. The molecule has 7 nitrogen and oxygen atoms in total. The third-order valence-corrected chi connectivity index (χ3v) is 6.37. The van der Waals surface area contributed by atoms with E-state index >= 15 is 0 Å². The van der Waals surface area contributed by atoms with Gasteiger partial charge in [-0.3, -0.25) is 4.79 Å². The van der Waals surface area contributed by atoms with Crippen molar-refractivity contribution in [3.63, 3.8) is 0 Å². The van der Waals surface area contributed by atoms with Crippen LogP contribution in [0.3, 0.4) is 0 Å². The van der Waals surface area contributed by atoms with Crippen molar-refractivity contribution in [2.45, 2.75) is 12.5 Å². The monoisotopic (exact) mass is 526 g/mol. The standard InChI is InChI=1S/C19H16FIN4O3S/c20-13-8-10(21)3-4-14(13)24-18-15(12-2-1-6-22-17(12)29-18)16(26)23-11-5-7-25(9-11)19(27)28/h1-4,6,8,11,24H,5,7,9H2,(H,23,26)(H,27,28)/t11-/m1/s1. The first-order valence-corrected chi connectivity index (χ1v) is 10.7. The van der Waals surface area contributed by atoms with Crippen LogP contribution in [0.2, 0.25) is 0 Å². The number of halogens is 2. The van der Waals surface area contributed by atoms with Crippen LogP contribution in [0.25, 0.3) is 10.2 Å². The van der Waals surface area contributed by atoms with Gasteiger partial charge in [-0.1, -0.05) is 11.3 Å². The molecule has 0 bridgehead atoms. The molecule has 0 aliphatic carbocycles. The number of amides is 2. The Morgan fingerprint density at radius 3 is 2.90 bits per heavy atom. The molecule has 4 rings (SSSR count). The molecule has 2 aromatic heterocycles. The highest BCUT2D eigenvalue weighted by molar-refractivity contribution is 14.1. The summed E-state index contributed by atoms with van der Waals surface area (Å²) in [5, 5.41) is 16.2. The summed E-state index contributed by atoms with van der Waals surface area (Å²) >= 11 is 3.30. The predicted octanol–water partition coefficient (Wildman–Crippen LogP) is 4.27. The van der Waals surface area contributed by atoms with Crippen LogP contribution in [0.5, 0.6) is 0 Å². The topological polar surface area (TPSA) is 94.6 Å². The van der Waals surface area contributed by atoms with E-state index in [1.165, 1.54) is 22.3 Å². The Morgan fingerprint density at radius 1 is 1.34 bits per heavy atom. The van der Waals surface area contributed by atoms with E-state index in [2.05, 4.69) is 15.6 Å². The highest BCUT2D eigenvalue weighted by Crippen LogP contribution is 2.37. The van der Waals surface area contributed by atoms with E-state index in [0.717, 1.165) is 3.57 Å². The molecule has 1 aromatic carbocycles. The molecule has 3 heterocycles. The SMILES string of the molecule is O=C(N[C@@H]1CCN(C(=O)O)C1)c1c(Nc2ccc(I)cc2F)sc2ncccc12. The van der Waals surface area contributed by atoms with Crippen molar-refractivity contribution in [1.82, 2.24) is 15.2 Å². The number of aromatic nitrogens is 1. The van der Waals surface area contributed by atoms with Crippen LogP contribution < -0.4 is 10.6 Å². The van der Waals surface area contributed by atoms with E-state index in [1.807, 2.05) is 22.6 Å². The van der Waals surface area contributed by atoms with Crippen LogP contribution in [0.1, 0.15) is 16.8 Å². The largest absolute Gasteiger partial charge is 0.465 e. The summed E-state index contributed by atoms with van der Waals surface area (Å²) in [5.74, 6) is -0.753. The molecule has 2 amide bonds. The maximum atomic E-state index is 14.3. The molecule has 1 aliphatic rings. The second kappa shape index (κ2) is 8.11. The van der Waals surface area contributed by atoms with Gasteiger partial charge in [-0.2, -0.15) is 0 Å². The molecule has 3 aromatic rings. The van der Waals surface area contributed by atoms with Gasteiger partial charge in [0.15, 0.2) is 0 Å². The summed E-state index contributed by atoms with van der Waals surface area (Å²) in [5.41, 5.74) is 0.647. The van der Waals surface area contributed by atoms with Gasteiger partial charge in [-0.05, 0) is 59.3 Å². The Morgan fingerprint density at radius 2 is 2.17 bits per heavy atom. The number of rotatable bonds is 4. The van der Waals surface area contributed by atoms with Crippen molar-refractivity contribution in [2.24, 2.45) is 0 Å².